The van der Waals surface area contributed by atoms with Crippen molar-refractivity contribution in [2.24, 2.45) is 5.92 Å². The van der Waals surface area contributed by atoms with E-state index < -0.39 is 0 Å². The van der Waals surface area contributed by atoms with Gasteiger partial charge in [0.1, 0.15) is 0 Å². The second-order valence-corrected chi connectivity index (χ2v) is 5.33. The topological polar surface area (TPSA) is 50.4 Å². The van der Waals surface area contributed by atoms with Crippen LogP contribution < -0.4 is 10.6 Å². The van der Waals surface area contributed by atoms with Gasteiger partial charge in [0.15, 0.2) is 0 Å². The van der Waals surface area contributed by atoms with Crippen LogP contribution in [0.25, 0.3) is 0 Å². The minimum absolute atomic E-state index is 0.0272. The summed E-state index contributed by atoms with van der Waals surface area (Å²) in [5.41, 5.74) is 2.77. The third-order valence-corrected chi connectivity index (χ3v) is 3.43. The molecular formula is C16H24N2O2. The first kappa shape index (κ1) is 14.9. The summed E-state index contributed by atoms with van der Waals surface area (Å²) >= 11 is 0. The average molecular weight is 276 g/mol. The molecule has 0 unspecified atom stereocenters. The van der Waals surface area contributed by atoms with Crippen molar-refractivity contribution in [2.45, 2.75) is 26.7 Å². The number of nitrogens with one attached hydrogen (secondary N) is 2. The molecule has 1 aromatic carbocycles. The number of amides is 1. The quantitative estimate of drug-likeness (QED) is 0.718. The van der Waals surface area contributed by atoms with Gasteiger partial charge in [0.05, 0.1) is 6.61 Å². The lowest BCUT2D eigenvalue weighted by atomic mass is 10.1. The van der Waals surface area contributed by atoms with E-state index in [2.05, 4.69) is 17.6 Å². The van der Waals surface area contributed by atoms with E-state index in [4.69, 9.17) is 4.74 Å². The van der Waals surface area contributed by atoms with Crippen LogP contribution in [0.15, 0.2) is 18.2 Å². The van der Waals surface area contributed by atoms with E-state index in [-0.39, 0.29) is 5.91 Å². The van der Waals surface area contributed by atoms with Gasteiger partial charge in [-0.3, -0.25) is 4.79 Å². The van der Waals surface area contributed by atoms with Crippen molar-refractivity contribution in [3.05, 3.63) is 29.3 Å². The Morgan fingerprint density at radius 1 is 1.40 bits per heavy atom. The minimum atomic E-state index is -0.0272. The summed E-state index contributed by atoms with van der Waals surface area (Å²) in [6.07, 6.45) is 2.59. The van der Waals surface area contributed by atoms with E-state index >= 15 is 0 Å². The lowest BCUT2D eigenvalue weighted by Gasteiger charge is -2.10. The van der Waals surface area contributed by atoms with Crippen LogP contribution in [-0.4, -0.2) is 32.2 Å². The first-order chi connectivity index (χ1) is 9.70. The molecule has 1 aliphatic carbocycles. The predicted octanol–water partition coefficient (Wildman–Crippen LogP) is 2.58. The first-order valence-corrected chi connectivity index (χ1v) is 7.41. The van der Waals surface area contributed by atoms with Gasteiger partial charge >= 0.3 is 0 Å². The lowest BCUT2D eigenvalue weighted by molar-refractivity contribution is 0.0906. The van der Waals surface area contributed by atoms with Crippen LogP contribution in [0.3, 0.4) is 0 Å². The molecule has 0 aliphatic heterocycles. The number of rotatable bonds is 8. The summed E-state index contributed by atoms with van der Waals surface area (Å²) in [6, 6.07) is 5.81. The molecule has 1 saturated carbocycles. The number of carbonyl (C=O) groups is 1. The summed E-state index contributed by atoms with van der Waals surface area (Å²) < 4.78 is 5.50. The SMILES string of the molecule is CCNc1ccc(C(=O)NCCOCC2CC2)c(C)c1. The Hall–Kier alpha value is -1.55. The Kier molecular flexibility index (Phi) is 5.41. The van der Waals surface area contributed by atoms with Gasteiger partial charge in [-0.15, -0.1) is 0 Å². The fraction of sp³-hybridized carbons (Fsp3) is 0.562. The second-order valence-electron chi connectivity index (χ2n) is 5.33. The number of hydrogen-bond donors (Lipinski definition) is 2. The maximum Gasteiger partial charge on any atom is 0.251 e. The molecule has 1 amide bonds. The average Bonchev–Trinajstić information content (AvgIpc) is 3.23. The van der Waals surface area contributed by atoms with Crippen LogP contribution in [0, 0.1) is 12.8 Å². The van der Waals surface area contributed by atoms with Gasteiger partial charge in [0.25, 0.3) is 5.91 Å². The second kappa shape index (κ2) is 7.29. The van der Waals surface area contributed by atoms with Crippen LogP contribution in [-0.2, 0) is 4.74 Å². The highest BCUT2D eigenvalue weighted by molar-refractivity contribution is 5.96. The molecule has 0 atom stereocenters. The van der Waals surface area contributed by atoms with Crippen molar-refractivity contribution < 1.29 is 9.53 Å². The predicted molar refractivity (Wildman–Crippen MR) is 81.2 cm³/mol. The van der Waals surface area contributed by atoms with Crippen molar-refractivity contribution in [2.75, 3.05) is 31.6 Å². The number of benzene rings is 1. The van der Waals surface area contributed by atoms with Gasteiger partial charge in [-0.1, -0.05) is 0 Å². The molecule has 4 heteroatoms. The fourth-order valence-electron chi connectivity index (χ4n) is 2.10. The lowest BCUT2D eigenvalue weighted by Crippen LogP contribution is -2.28. The largest absolute Gasteiger partial charge is 0.385 e. The molecule has 0 heterocycles. The van der Waals surface area contributed by atoms with Crippen LogP contribution in [0.1, 0.15) is 35.7 Å². The molecule has 0 saturated heterocycles. The molecule has 20 heavy (non-hydrogen) atoms. The van der Waals surface area contributed by atoms with E-state index in [0.717, 1.165) is 35.9 Å². The van der Waals surface area contributed by atoms with Gasteiger partial charge in [0, 0.05) is 30.9 Å². The molecule has 0 spiro atoms. The minimum Gasteiger partial charge on any atom is -0.385 e. The summed E-state index contributed by atoms with van der Waals surface area (Å²) in [5, 5.41) is 6.14. The Balaban J connectivity index is 1.75. The zero-order valence-electron chi connectivity index (χ0n) is 12.4. The maximum absolute atomic E-state index is 12.1. The van der Waals surface area contributed by atoms with Crippen molar-refractivity contribution >= 4 is 11.6 Å². The monoisotopic (exact) mass is 276 g/mol. The number of anilines is 1. The molecule has 2 N–H and O–H groups in total. The van der Waals surface area contributed by atoms with Gasteiger partial charge < -0.3 is 15.4 Å². The van der Waals surface area contributed by atoms with E-state index in [1.54, 1.807) is 0 Å². The molecule has 1 aromatic rings. The van der Waals surface area contributed by atoms with E-state index in [1.165, 1.54) is 12.8 Å². The highest BCUT2D eigenvalue weighted by Crippen LogP contribution is 2.28. The Morgan fingerprint density at radius 3 is 2.85 bits per heavy atom. The van der Waals surface area contributed by atoms with Crippen molar-refractivity contribution in [3.8, 4) is 0 Å². The third-order valence-electron chi connectivity index (χ3n) is 3.43. The Morgan fingerprint density at radius 2 is 2.20 bits per heavy atom. The van der Waals surface area contributed by atoms with Gasteiger partial charge in [-0.2, -0.15) is 0 Å². The summed E-state index contributed by atoms with van der Waals surface area (Å²) in [4.78, 5) is 12.1. The molecular weight excluding hydrogens is 252 g/mol. The smallest absolute Gasteiger partial charge is 0.251 e. The van der Waals surface area contributed by atoms with Crippen molar-refractivity contribution in [1.82, 2.24) is 5.32 Å². The fourth-order valence-corrected chi connectivity index (χ4v) is 2.10. The maximum atomic E-state index is 12.1. The van der Waals surface area contributed by atoms with Crippen molar-refractivity contribution in [3.63, 3.8) is 0 Å². The third kappa shape index (κ3) is 4.53. The molecule has 2 rings (SSSR count). The number of ether oxygens (including phenoxy) is 1. The van der Waals surface area contributed by atoms with Gasteiger partial charge in [-0.05, 0) is 56.4 Å². The zero-order valence-corrected chi connectivity index (χ0v) is 12.4. The van der Waals surface area contributed by atoms with Gasteiger partial charge in [0.2, 0.25) is 0 Å². The molecule has 1 aliphatic rings. The van der Waals surface area contributed by atoms with Crippen LogP contribution >= 0.6 is 0 Å². The van der Waals surface area contributed by atoms with Crippen LogP contribution in [0.5, 0.6) is 0 Å². The molecule has 110 valence electrons. The highest BCUT2D eigenvalue weighted by atomic mass is 16.5. The summed E-state index contributed by atoms with van der Waals surface area (Å²) in [6.45, 7) is 6.89. The zero-order chi connectivity index (χ0) is 14.4. The first-order valence-electron chi connectivity index (χ1n) is 7.41. The van der Waals surface area contributed by atoms with E-state index in [0.29, 0.717) is 13.2 Å². The summed E-state index contributed by atoms with van der Waals surface area (Å²) in [7, 11) is 0. The molecule has 1 fully saturated rings. The van der Waals surface area contributed by atoms with Crippen molar-refractivity contribution in [1.29, 1.82) is 0 Å². The van der Waals surface area contributed by atoms with E-state index in [1.807, 2.05) is 25.1 Å². The number of carbonyl (C=O) groups excluding carboxylic acids is 1. The standard InChI is InChI=1S/C16H24N2O2/c1-3-17-14-6-7-15(12(2)10-14)16(19)18-8-9-20-11-13-4-5-13/h6-7,10,13,17H,3-5,8-9,11H2,1-2H3,(H,18,19). The molecule has 0 radical (unpaired) electrons. The van der Waals surface area contributed by atoms with Crippen LogP contribution in [0.4, 0.5) is 5.69 Å². The Bertz CT molecular complexity index is 456. The summed E-state index contributed by atoms with van der Waals surface area (Å²) in [5.74, 6) is 0.743. The molecule has 4 nitrogen and oxygen atoms in total. The molecule has 0 aromatic heterocycles. The highest BCUT2D eigenvalue weighted by Gasteiger charge is 2.20. The Labute approximate surface area is 120 Å². The number of hydrogen-bond acceptors (Lipinski definition) is 3. The van der Waals surface area contributed by atoms with Crippen LogP contribution in [0.2, 0.25) is 0 Å². The molecule has 0 bridgehead atoms. The number of aryl methyl sites for hydroxylation is 1. The normalized spacial score (nSPS) is 14.1. The van der Waals surface area contributed by atoms with Gasteiger partial charge in [-0.25, -0.2) is 0 Å². The van der Waals surface area contributed by atoms with E-state index in [9.17, 15) is 4.79 Å².